The SMILES string of the molecule is COC1(C)CCCN(CCC(C)(C#N)NC(C)C)C1. The molecule has 0 amide bonds. The zero-order chi connectivity index (χ0) is 14.5. The largest absolute Gasteiger partial charge is 0.377 e. The highest BCUT2D eigenvalue weighted by molar-refractivity contribution is 5.05. The van der Waals surface area contributed by atoms with Gasteiger partial charge in [0.2, 0.25) is 0 Å². The maximum Gasteiger partial charge on any atom is 0.105 e. The number of piperidine rings is 1. The third-order valence-electron chi connectivity index (χ3n) is 4.01. The second kappa shape index (κ2) is 6.69. The summed E-state index contributed by atoms with van der Waals surface area (Å²) in [6.07, 6.45) is 3.15. The molecule has 110 valence electrons. The van der Waals surface area contributed by atoms with Crippen molar-refractivity contribution in [3.8, 4) is 6.07 Å². The molecule has 1 saturated heterocycles. The van der Waals surface area contributed by atoms with E-state index in [-0.39, 0.29) is 5.60 Å². The molecule has 1 rings (SSSR count). The van der Waals surface area contributed by atoms with Crippen LogP contribution in [0.1, 0.15) is 47.0 Å². The molecule has 1 aliphatic rings. The summed E-state index contributed by atoms with van der Waals surface area (Å²) < 4.78 is 5.61. The molecule has 1 N–H and O–H groups in total. The van der Waals surface area contributed by atoms with E-state index in [1.807, 2.05) is 6.92 Å². The Balaban J connectivity index is 2.49. The number of likely N-dealkylation sites (tertiary alicyclic amines) is 1. The Labute approximate surface area is 118 Å². The highest BCUT2D eigenvalue weighted by atomic mass is 16.5. The van der Waals surface area contributed by atoms with Gasteiger partial charge in [0.15, 0.2) is 0 Å². The predicted molar refractivity (Wildman–Crippen MR) is 78.0 cm³/mol. The van der Waals surface area contributed by atoms with Crippen molar-refractivity contribution >= 4 is 0 Å². The molecule has 0 spiro atoms. The molecule has 1 aliphatic heterocycles. The maximum atomic E-state index is 9.36. The molecule has 0 bridgehead atoms. The fourth-order valence-electron chi connectivity index (χ4n) is 2.84. The van der Waals surface area contributed by atoms with E-state index >= 15 is 0 Å². The first-order valence-electron chi connectivity index (χ1n) is 7.29. The van der Waals surface area contributed by atoms with E-state index < -0.39 is 5.54 Å². The average molecular weight is 267 g/mol. The minimum absolute atomic E-state index is 0.0211. The number of hydrogen-bond donors (Lipinski definition) is 1. The molecule has 0 saturated carbocycles. The van der Waals surface area contributed by atoms with Crippen molar-refractivity contribution in [2.45, 2.75) is 64.1 Å². The lowest BCUT2D eigenvalue weighted by Crippen LogP contribution is -2.51. The number of nitriles is 1. The molecule has 0 radical (unpaired) electrons. The van der Waals surface area contributed by atoms with Crippen LogP contribution in [-0.4, -0.2) is 48.8 Å². The molecule has 1 heterocycles. The van der Waals surface area contributed by atoms with Gasteiger partial charge < -0.3 is 9.64 Å². The molecular weight excluding hydrogens is 238 g/mol. The third kappa shape index (κ3) is 5.10. The van der Waals surface area contributed by atoms with Crippen molar-refractivity contribution < 1.29 is 4.74 Å². The summed E-state index contributed by atoms with van der Waals surface area (Å²) in [4.78, 5) is 2.42. The van der Waals surface area contributed by atoms with Crippen LogP contribution in [0.4, 0.5) is 0 Å². The molecule has 1 fully saturated rings. The summed E-state index contributed by atoms with van der Waals surface area (Å²) in [6, 6.07) is 2.74. The van der Waals surface area contributed by atoms with E-state index in [9.17, 15) is 5.26 Å². The lowest BCUT2D eigenvalue weighted by Gasteiger charge is -2.40. The first kappa shape index (κ1) is 16.4. The van der Waals surface area contributed by atoms with Crippen molar-refractivity contribution in [3.05, 3.63) is 0 Å². The van der Waals surface area contributed by atoms with Gasteiger partial charge in [-0.2, -0.15) is 5.26 Å². The van der Waals surface area contributed by atoms with Crippen LogP contribution in [0, 0.1) is 11.3 Å². The number of ether oxygens (including phenoxy) is 1. The molecule has 0 aromatic rings. The molecule has 4 nitrogen and oxygen atoms in total. The quantitative estimate of drug-likeness (QED) is 0.801. The summed E-state index contributed by atoms with van der Waals surface area (Å²) >= 11 is 0. The molecule has 0 aliphatic carbocycles. The van der Waals surface area contributed by atoms with E-state index in [1.165, 1.54) is 6.42 Å². The van der Waals surface area contributed by atoms with Crippen molar-refractivity contribution in [3.63, 3.8) is 0 Å². The predicted octanol–water partition coefficient (Wildman–Crippen LogP) is 2.16. The number of nitrogens with one attached hydrogen (secondary N) is 1. The molecule has 0 aromatic carbocycles. The van der Waals surface area contributed by atoms with Gasteiger partial charge in [-0.3, -0.25) is 5.32 Å². The van der Waals surface area contributed by atoms with Gasteiger partial charge in [-0.05, 0) is 53.5 Å². The highest BCUT2D eigenvalue weighted by Gasteiger charge is 2.32. The van der Waals surface area contributed by atoms with Crippen LogP contribution in [0.5, 0.6) is 0 Å². The van der Waals surface area contributed by atoms with Gasteiger partial charge in [0.25, 0.3) is 0 Å². The average Bonchev–Trinajstić information content (AvgIpc) is 2.36. The van der Waals surface area contributed by atoms with Gasteiger partial charge >= 0.3 is 0 Å². The second-order valence-corrected chi connectivity index (χ2v) is 6.53. The monoisotopic (exact) mass is 267 g/mol. The Morgan fingerprint density at radius 1 is 1.53 bits per heavy atom. The zero-order valence-corrected chi connectivity index (χ0v) is 13.1. The minimum atomic E-state index is -0.435. The lowest BCUT2D eigenvalue weighted by atomic mass is 9.93. The van der Waals surface area contributed by atoms with Crippen molar-refractivity contribution in [2.75, 3.05) is 26.7 Å². The number of hydrogen-bond acceptors (Lipinski definition) is 4. The molecule has 2 unspecified atom stereocenters. The first-order valence-corrected chi connectivity index (χ1v) is 7.29. The van der Waals surface area contributed by atoms with Gasteiger partial charge in [-0.15, -0.1) is 0 Å². The molecule has 0 aromatic heterocycles. The van der Waals surface area contributed by atoms with Gasteiger partial charge in [0.05, 0.1) is 11.7 Å². The first-order chi connectivity index (χ1) is 8.82. The smallest absolute Gasteiger partial charge is 0.105 e. The van der Waals surface area contributed by atoms with E-state index in [2.05, 4.69) is 37.1 Å². The Kier molecular flexibility index (Phi) is 5.79. The van der Waals surface area contributed by atoms with Crippen LogP contribution >= 0.6 is 0 Å². The third-order valence-corrected chi connectivity index (χ3v) is 4.01. The van der Waals surface area contributed by atoms with Gasteiger partial charge in [0, 0.05) is 26.2 Å². The maximum absolute atomic E-state index is 9.36. The van der Waals surface area contributed by atoms with E-state index in [0.717, 1.165) is 32.5 Å². The van der Waals surface area contributed by atoms with Crippen LogP contribution in [0.2, 0.25) is 0 Å². The summed E-state index contributed by atoms with van der Waals surface area (Å²) in [5, 5.41) is 12.7. The zero-order valence-electron chi connectivity index (χ0n) is 13.1. The molecular formula is C15H29N3O. The van der Waals surface area contributed by atoms with Crippen LogP contribution in [-0.2, 0) is 4.74 Å². The Hall–Kier alpha value is -0.630. The van der Waals surface area contributed by atoms with E-state index in [0.29, 0.717) is 6.04 Å². The Morgan fingerprint density at radius 3 is 2.74 bits per heavy atom. The normalized spacial score (nSPS) is 28.1. The van der Waals surface area contributed by atoms with Crippen molar-refractivity contribution in [1.29, 1.82) is 5.26 Å². The van der Waals surface area contributed by atoms with Crippen LogP contribution in [0.3, 0.4) is 0 Å². The number of rotatable bonds is 6. The van der Waals surface area contributed by atoms with Crippen molar-refractivity contribution in [2.24, 2.45) is 0 Å². The van der Waals surface area contributed by atoms with Gasteiger partial charge in [-0.25, -0.2) is 0 Å². The summed E-state index contributed by atoms with van der Waals surface area (Å²) in [7, 11) is 1.79. The Bertz CT molecular complexity index is 326. The standard InChI is InChI=1S/C15H29N3O/c1-13(2)17-14(3,11-16)8-10-18-9-6-7-15(4,12-18)19-5/h13,17H,6-10,12H2,1-5H3. The summed E-state index contributed by atoms with van der Waals surface area (Å²) in [6.45, 7) is 11.4. The van der Waals surface area contributed by atoms with Gasteiger partial charge in [-0.1, -0.05) is 0 Å². The molecule has 2 atom stereocenters. The van der Waals surface area contributed by atoms with Crippen molar-refractivity contribution in [1.82, 2.24) is 10.2 Å². The van der Waals surface area contributed by atoms with E-state index in [4.69, 9.17) is 4.74 Å². The highest BCUT2D eigenvalue weighted by Crippen LogP contribution is 2.24. The van der Waals surface area contributed by atoms with E-state index in [1.54, 1.807) is 7.11 Å². The fourth-order valence-corrected chi connectivity index (χ4v) is 2.84. The van der Waals surface area contributed by atoms with Crippen LogP contribution in [0.15, 0.2) is 0 Å². The number of methoxy groups -OCH3 is 1. The van der Waals surface area contributed by atoms with Crippen LogP contribution < -0.4 is 5.32 Å². The van der Waals surface area contributed by atoms with Crippen LogP contribution in [0.25, 0.3) is 0 Å². The Morgan fingerprint density at radius 2 is 2.21 bits per heavy atom. The minimum Gasteiger partial charge on any atom is -0.377 e. The second-order valence-electron chi connectivity index (χ2n) is 6.53. The lowest BCUT2D eigenvalue weighted by molar-refractivity contribution is -0.0516. The molecule has 19 heavy (non-hydrogen) atoms. The summed E-state index contributed by atoms with van der Waals surface area (Å²) in [5.41, 5.74) is -0.456. The van der Waals surface area contributed by atoms with Gasteiger partial charge in [0.1, 0.15) is 5.54 Å². The number of nitrogens with zero attached hydrogens (tertiary/aromatic N) is 2. The molecule has 4 heteroatoms. The summed E-state index contributed by atoms with van der Waals surface area (Å²) in [5.74, 6) is 0. The fraction of sp³-hybridized carbons (Fsp3) is 0.933. The topological polar surface area (TPSA) is 48.3 Å².